The first kappa shape index (κ1) is 38.8. The molecule has 4 aromatic rings. The summed E-state index contributed by atoms with van der Waals surface area (Å²) in [4.78, 5) is 60.4. The molecule has 4 heterocycles. The molecule has 0 bridgehead atoms. The number of piperazine rings is 1. The zero-order valence-electron chi connectivity index (χ0n) is 30.2. The van der Waals surface area contributed by atoms with Crippen molar-refractivity contribution in [2.24, 2.45) is 13.0 Å². The number of likely N-dealkylation sites (tertiary alicyclic amines) is 1. The lowest BCUT2D eigenvalue weighted by atomic mass is 10.0. The number of methoxy groups -OCH3 is 1. The summed E-state index contributed by atoms with van der Waals surface area (Å²) in [5, 5.41) is 2.85. The third-order valence-electron chi connectivity index (χ3n) is 9.48. The summed E-state index contributed by atoms with van der Waals surface area (Å²) >= 11 is 6.51. The molecule has 16 heteroatoms. The van der Waals surface area contributed by atoms with Crippen molar-refractivity contribution in [1.29, 1.82) is 0 Å². The number of amides is 3. The molecule has 2 aromatic carbocycles. The van der Waals surface area contributed by atoms with Crippen LogP contribution in [-0.4, -0.2) is 113 Å². The van der Waals surface area contributed by atoms with Crippen LogP contribution in [0.4, 0.5) is 20.2 Å². The monoisotopic (exact) mass is 751 g/mol. The molecule has 2 aromatic heterocycles. The second-order valence-electron chi connectivity index (χ2n) is 13.7. The Balaban J connectivity index is 0.00000129. The van der Waals surface area contributed by atoms with Gasteiger partial charge in [0.2, 0.25) is 5.91 Å². The van der Waals surface area contributed by atoms with Crippen molar-refractivity contribution in [3.63, 3.8) is 0 Å². The third kappa shape index (κ3) is 8.47. The van der Waals surface area contributed by atoms with Gasteiger partial charge in [-0.3, -0.25) is 24.2 Å². The molecule has 53 heavy (non-hydrogen) atoms. The quantitative estimate of drug-likeness (QED) is 0.208. The topological polar surface area (TPSA) is 153 Å². The Kier molecular flexibility index (Phi) is 11.8. The lowest BCUT2D eigenvalue weighted by Gasteiger charge is -2.36. The Hall–Kier alpha value is -5.41. The summed E-state index contributed by atoms with van der Waals surface area (Å²) in [6, 6.07) is 9.03. The molecule has 2 fully saturated rings. The highest BCUT2D eigenvalue weighted by atomic mass is 35.5. The van der Waals surface area contributed by atoms with E-state index in [1.165, 1.54) is 55.4 Å². The number of nitrogens with one attached hydrogen (secondary N) is 1. The first-order chi connectivity index (χ1) is 25.1. The van der Waals surface area contributed by atoms with E-state index in [9.17, 15) is 14.4 Å². The van der Waals surface area contributed by atoms with Gasteiger partial charge in [0, 0.05) is 56.5 Å². The zero-order valence-corrected chi connectivity index (χ0v) is 30.9. The zero-order chi connectivity index (χ0) is 38.6. The third-order valence-corrected chi connectivity index (χ3v) is 9.80. The van der Waals surface area contributed by atoms with E-state index >= 15 is 8.78 Å². The van der Waals surface area contributed by atoms with E-state index < -0.39 is 17.5 Å². The Bertz CT molecular complexity index is 2050. The number of aromatic nitrogens is 3. The Morgan fingerprint density at radius 2 is 1.64 bits per heavy atom. The number of benzene rings is 2. The van der Waals surface area contributed by atoms with Crippen molar-refractivity contribution in [2.75, 3.05) is 71.5 Å². The minimum atomic E-state index is -1.11. The number of hydrogen-bond acceptors (Lipinski definition) is 8. The van der Waals surface area contributed by atoms with Crippen molar-refractivity contribution in [3.8, 4) is 22.5 Å². The van der Waals surface area contributed by atoms with Crippen LogP contribution in [0.15, 0.2) is 48.8 Å². The fourth-order valence-corrected chi connectivity index (χ4v) is 6.94. The lowest BCUT2D eigenvalue weighted by molar-refractivity contribution is -0.878. The van der Waals surface area contributed by atoms with Gasteiger partial charge in [0.25, 0.3) is 18.3 Å². The number of ether oxygens (including phenoxy) is 1. The molecule has 0 saturated carbocycles. The van der Waals surface area contributed by atoms with E-state index in [-0.39, 0.29) is 56.7 Å². The predicted molar refractivity (Wildman–Crippen MR) is 196 cm³/mol. The minimum absolute atomic E-state index is 0.0157. The van der Waals surface area contributed by atoms with Crippen molar-refractivity contribution in [1.82, 2.24) is 24.3 Å². The van der Waals surface area contributed by atoms with Gasteiger partial charge in [-0.05, 0) is 48.9 Å². The molecule has 1 atom stereocenters. The van der Waals surface area contributed by atoms with E-state index in [1.54, 1.807) is 24.0 Å². The maximum atomic E-state index is 15.4. The SMILES string of the molecule is COC=O.Cc1cc(N)cnc1-c1ccc(-c2cnc(C(=O)Nc3ccc(C(=O)N4CCN(C(=O)C5CC[N+](C)(C)C5)CC4)c(Cl)c3)n2C)c(F)c1F. The number of nitrogen functional groups attached to an aromatic ring is 1. The summed E-state index contributed by atoms with van der Waals surface area (Å²) in [7, 11) is 7.10. The molecular weight excluding hydrogens is 710 g/mol. The van der Waals surface area contributed by atoms with E-state index in [4.69, 9.17) is 22.1 Å². The van der Waals surface area contributed by atoms with Gasteiger partial charge in [-0.25, -0.2) is 13.8 Å². The number of rotatable bonds is 7. The number of quaternary nitrogens is 1. The second kappa shape index (κ2) is 16.1. The van der Waals surface area contributed by atoms with E-state index in [1.807, 2.05) is 4.90 Å². The smallest absolute Gasteiger partial charge is 0.292 e. The van der Waals surface area contributed by atoms with Crippen molar-refractivity contribution in [3.05, 3.63) is 82.4 Å². The van der Waals surface area contributed by atoms with Gasteiger partial charge in [0.15, 0.2) is 17.5 Å². The lowest BCUT2D eigenvalue weighted by Crippen LogP contribution is -2.52. The van der Waals surface area contributed by atoms with Crippen molar-refractivity contribution < 1.29 is 37.2 Å². The summed E-state index contributed by atoms with van der Waals surface area (Å²) < 4.78 is 36.7. The van der Waals surface area contributed by atoms with Crippen LogP contribution in [0, 0.1) is 24.5 Å². The molecule has 2 aliphatic rings. The molecule has 1 unspecified atom stereocenters. The second-order valence-corrected chi connectivity index (χ2v) is 14.1. The normalized spacial score (nSPS) is 16.4. The first-order valence-corrected chi connectivity index (χ1v) is 17.2. The average molecular weight is 752 g/mol. The van der Waals surface area contributed by atoms with E-state index in [0.29, 0.717) is 49.6 Å². The van der Waals surface area contributed by atoms with Gasteiger partial charge in [-0.2, -0.15) is 0 Å². The van der Waals surface area contributed by atoms with Gasteiger partial charge in [-0.15, -0.1) is 0 Å². The summed E-state index contributed by atoms with van der Waals surface area (Å²) in [6.45, 7) is 5.62. The van der Waals surface area contributed by atoms with Crippen LogP contribution in [0.5, 0.6) is 0 Å². The number of imidazole rings is 1. The fraction of sp³-hybridized carbons (Fsp3) is 0.351. The summed E-state index contributed by atoms with van der Waals surface area (Å²) in [5.41, 5.74) is 7.70. The van der Waals surface area contributed by atoms with Gasteiger partial charge in [-0.1, -0.05) is 11.6 Å². The van der Waals surface area contributed by atoms with Crippen molar-refractivity contribution in [2.45, 2.75) is 13.3 Å². The van der Waals surface area contributed by atoms with Gasteiger partial charge in [0.1, 0.15) is 0 Å². The molecule has 13 nitrogen and oxygen atoms in total. The van der Waals surface area contributed by atoms with E-state index in [0.717, 1.165) is 24.0 Å². The predicted octanol–water partition coefficient (Wildman–Crippen LogP) is 4.39. The van der Waals surface area contributed by atoms with Crippen LogP contribution in [0.2, 0.25) is 5.02 Å². The molecule has 0 radical (unpaired) electrons. The van der Waals surface area contributed by atoms with Gasteiger partial charge in [0.05, 0.1) is 80.3 Å². The highest BCUT2D eigenvalue weighted by Crippen LogP contribution is 2.33. The molecule has 2 saturated heterocycles. The fourth-order valence-electron chi connectivity index (χ4n) is 6.68. The number of nitrogens with zero attached hydrogens (tertiary/aromatic N) is 6. The van der Waals surface area contributed by atoms with E-state index in [2.05, 4.69) is 34.1 Å². The Morgan fingerprint density at radius 3 is 2.25 bits per heavy atom. The molecule has 280 valence electrons. The summed E-state index contributed by atoms with van der Waals surface area (Å²) in [5.74, 6) is -2.95. The standard InChI is InChI=1S/C35H37ClF2N8O3.C2H4O2/c1-20-15-22(39)17-40-31(20)26-8-7-25(29(37)30(26)38)28-18-41-32(43(28)2)33(47)42-23-5-6-24(27(36)16-23)35(49)45-12-10-44(11-13-45)34(48)21-9-14-46(3,4)19-21;1-4-2-3/h5-8,15-18,21H,9-14,19H2,1-4H3,(H2-,39,42,47,49);2H,1H3/p+1. The van der Waals surface area contributed by atoms with Crippen LogP contribution in [0.25, 0.3) is 22.5 Å². The van der Waals surface area contributed by atoms with Crippen LogP contribution in [-0.2, 0) is 21.4 Å². The van der Waals surface area contributed by atoms with Crippen LogP contribution in [0.1, 0.15) is 33.0 Å². The maximum Gasteiger partial charge on any atom is 0.292 e. The molecular formula is C37H42ClF2N8O5+. The first-order valence-electron chi connectivity index (χ1n) is 16.9. The van der Waals surface area contributed by atoms with Crippen LogP contribution in [0.3, 0.4) is 0 Å². The Morgan fingerprint density at radius 1 is 1.00 bits per heavy atom. The highest BCUT2D eigenvalue weighted by Gasteiger charge is 2.38. The largest absolute Gasteiger partial charge is 0.471 e. The number of anilines is 2. The molecule has 0 spiro atoms. The van der Waals surface area contributed by atoms with Gasteiger partial charge >= 0.3 is 0 Å². The number of pyridine rings is 1. The molecule has 3 amide bonds. The number of halogens is 3. The van der Waals surface area contributed by atoms with Crippen LogP contribution >= 0.6 is 11.6 Å². The maximum absolute atomic E-state index is 15.4. The van der Waals surface area contributed by atoms with Gasteiger partial charge < -0.3 is 34.6 Å². The summed E-state index contributed by atoms with van der Waals surface area (Å²) in [6.07, 6.45) is 3.54. The number of carbonyl (C=O) groups is 4. The minimum Gasteiger partial charge on any atom is -0.471 e. The van der Waals surface area contributed by atoms with Crippen molar-refractivity contribution >= 4 is 47.2 Å². The van der Waals surface area contributed by atoms with Crippen LogP contribution < -0.4 is 11.1 Å². The Labute approximate surface area is 310 Å². The average Bonchev–Trinajstić information content (AvgIpc) is 3.70. The molecule has 2 aliphatic heterocycles. The molecule has 3 N–H and O–H groups in total. The number of carbonyl (C=O) groups excluding carboxylic acids is 4. The number of nitrogens with two attached hydrogens (primary N) is 1. The molecule has 6 rings (SSSR count). The number of hydrogen-bond donors (Lipinski definition) is 2. The number of aryl methyl sites for hydroxylation is 1. The molecule has 0 aliphatic carbocycles. The highest BCUT2D eigenvalue weighted by molar-refractivity contribution is 6.34.